The summed E-state index contributed by atoms with van der Waals surface area (Å²) in [6.45, 7) is 0. The van der Waals surface area contributed by atoms with Gasteiger partial charge < -0.3 is 0 Å². The molecule has 0 heterocycles. The lowest BCUT2D eigenvalue weighted by atomic mass is 10.2. The zero-order chi connectivity index (χ0) is 17.7. The molecule has 0 aromatic heterocycles. The van der Waals surface area contributed by atoms with Gasteiger partial charge in [-0.2, -0.15) is 0 Å². The van der Waals surface area contributed by atoms with Crippen LogP contribution in [0.2, 0.25) is 5.02 Å². The van der Waals surface area contributed by atoms with E-state index in [9.17, 15) is 27.2 Å². The van der Waals surface area contributed by atoms with E-state index in [1.807, 2.05) is 0 Å². The molecule has 23 heavy (non-hydrogen) atoms. The molecule has 0 radical (unpaired) electrons. The molecule has 2 aromatic carbocycles. The average molecular weight is 388 g/mol. The second-order valence-electron chi connectivity index (χ2n) is 3.89. The first-order valence-corrected chi connectivity index (χ1v) is 6.76. The summed E-state index contributed by atoms with van der Waals surface area (Å²) in [5.74, 6) is -5.10. The summed E-state index contributed by atoms with van der Waals surface area (Å²) in [5, 5.41) is -1.81. The van der Waals surface area contributed by atoms with Crippen LogP contribution in [0.5, 0.6) is 0 Å². The lowest BCUT2D eigenvalue weighted by Crippen LogP contribution is -1.99. The second-order valence-corrected chi connectivity index (χ2v) is 4.99. The van der Waals surface area contributed by atoms with Crippen molar-refractivity contribution in [3.05, 3.63) is 69.8 Å². The summed E-state index contributed by atoms with van der Waals surface area (Å²) < 4.78 is 49.6. The molecule has 2 aromatic rings. The first-order valence-electron chi connectivity index (χ1n) is 5.63. The molecule has 0 aliphatic heterocycles. The van der Waals surface area contributed by atoms with Crippen LogP contribution < -0.4 is 0 Å². The SMILES string of the molecule is O=C(Cl)c1ccc(F)c(F)c1F.O=C(Cl)c1ccc(F)cc1Cl. The first-order chi connectivity index (χ1) is 10.6. The van der Waals surface area contributed by atoms with Crippen LogP contribution in [0.1, 0.15) is 20.7 Å². The van der Waals surface area contributed by atoms with Crippen molar-refractivity contribution in [2.24, 2.45) is 0 Å². The topological polar surface area (TPSA) is 34.1 Å². The molecule has 0 amide bonds. The van der Waals surface area contributed by atoms with Crippen LogP contribution >= 0.6 is 34.8 Å². The van der Waals surface area contributed by atoms with Gasteiger partial charge in [0.15, 0.2) is 17.5 Å². The van der Waals surface area contributed by atoms with Gasteiger partial charge in [0.2, 0.25) is 0 Å². The Balaban J connectivity index is 0.000000231. The molecule has 0 atom stereocenters. The van der Waals surface area contributed by atoms with Crippen LogP contribution in [-0.2, 0) is 0 Å². The Kier molecular flexibility index (Phi) is 7.00. The minimum absolute atomic E-state index is 0.0324. The Bertz CT molecular complexity index is 766. The summed E-state index contributed by atoms with van der Waals surface area (Å²) >= 11 is 15.5. The van der Waals surface area contributed by atoms with Gasteiger partial charge in [-0.25, -0.2) is 17.6 Å². The van der Waals surface area contributed by atoms with E-state index in [0.29, 0.717) is 6.07 Å². The molecule has 0 unspecified atom stereocenters. The highest BCUT2D eigenvalue weighted by Crippen LogP contribution is 2.18. The fraction of sp³-hybridized carbons (Fsp3) is 0. The van der Waals surface area contributed by atoms with E-state index in [1.165, 1.54) is 6.07 Å². The Hall–Kier alpha value is -1.63. The van der Waals surface area contributed by atoms with Crippen LogP contribution in [0.15, 0.2) is 30.3 Å². The van der Waals surface area contributed by atoms with Crippen molar-refractivity contribution >= 4 is 45.3 Å². The Labute approximate surface area is 142 Å². The summed E-state index contributed by atoms with van der Waals surface area (Å²) in [7, 11) is 0. The van der Waals surface area contributed by atoms with Gasteiger partial charge in [0.05, 0.1) is 16.1 Å². The fourth-order valence-electron chi connectivity index (χ4n) is 1.33. The molecular formula is C14H5Cl3F4O2. The van der Waals surface area contributed by atoms with Gasteiger partial charge in [0.1, 0.15) is 5.82 Å². The Morgan fingerprint density at radius 1 is 0.783 bits per heavy atom. The molecule has 0 aliphatic rings. The first kappa shape index (κ1) is 19.4. The number of benzene rings is 2. The van der Waals surface area contributed by atoms with Gasteiger partial charge in [-0.05, 0) is 53.5 Å². The largest absolute Gasteiger partial charge is 0.276 e. The molecule has 2 rings (SSSR count). The van der Waals surface area contributed by atoms with E-state index in [2.05, 4.69) is 0 Å². The molecule has 0 saturated carbocycles. The van der Waals surface area contributed by atoms with Crippen molar-refractivity contribution in [3.63, 3.8) is 0 Å². The minimum atomic E-state index is -1.69. The van der Waals surface area contributed by atoms with Gasteiger partial charge in [-0.3, -0.25) is 9.59 Å². The van der Waals surface area contributed by atoms with Gasteiger partial charge in [-0.15, -0.1) is 0 Å². The van der Waals surface area contributed by atoms with E-state index in [1.54, 1.807) is 0 Å². The molecule has 0 N–H and O–H groups in total. The third-order valence-electron chi connectivity index (χ3n) is 2.39. The smallest absolute Gasteiger partial charge is 0.255 e. The van der Waals surface area contributed by atoms with Crippen LogP contribution in [-0.4, -0.2) is 10.5 Å². The van der Waals surface area contributed by atoms with Crippen LogP contribution in [0.25, 0.3) is 0 Å². The van der Waals surface area contributed by atoms with E-state index in [4.69, 9.17) is 34.8 Å². The van der Waals surface area contributed by atoms with Gasteiger partial charge >= 0.3 is 0 Å². The summed E-state index contributed by atoms with van der Waals surface area (Å²) in [4.78, 5) is 20.9. The van der Waals surface area contributed by atoms with Crippen molar-refractivity contribution in [3.8, 4) is 0 Å². The number of rotatable bonds is 2. The molecule has 2 nitrogen and oxygen atoms in total. The number of halogens is 7. The van der Waals surface area contributed by atoms with Crippen molar-refractivity contribution in [2.75, 3.05) is 0 Å². The van der Waals surface area contributed by atoms with Crippen molar-refractivity contribution in [1.29, 1.82) is 0 Å². The predicted molar refractivity (Wildman–Crippen MR) is 78.1 cm³/mol. The quantitative estimate of drug-likeness (QED) is 0.396. The van der Waals surface area contributed by atoms with E-state index in [-0.39, 0.29) is 10.6 Å². The van der Waals surface area contributed by atoms with Crippen LogP contribution in [0.4, 0.5) is 17.6 Å². The van der Waals surface area contributed by atoms with Gasteiger partial charge in [0, 0.05) is 0 Å². The monoisotopic (exact) mass is 386 g/mol. The number of hydrogen-bond acceptors (Lipinski definition) is 2. The normalized spacial score (nSPS) is 9.87. The van der Waals surface area contributed by atoms with E-state index < -0.39 is 39.3 Å². The number of carbonyl (C=O) groups excluding carboxylic acids is 2. The lowest BCUT2D eigenvalue weighted by Gasteiger charge is -1.98. The van der Waals surface area contributed by atoms with Crippen molar-refractivity contribution in [2.45, 2.75) is 0 Å². The molecule has 0 aliphatic carbocycles. The molecule has 122 valence electrons. The summed E-state index contributed by atoms with van der Waals surface area (Å²) in [6.07, 6.45) is 0. The van der Waals surface area contributed by atoms with Crippen LogP contribution in [0, 0.1) is 23.3 Å². The summed E-state index contributed by atoms with van der Waals surface area (Å²) in [5.41, 5.74) is -0.551. The molecule has 0 spiro atoms. The zero-order valence-corrected chi connectivity index (χ0v) is 13.1. The maximum Gasteiger partial charge on any atom is 0.255 e. The zero-order valence-electron chi connectivity index (χ0n) is 10.8. The molecule has 0 fully saturated rings. The number of carbonyl (C=O) groups is 2. The fourth-order valence-corrected chi connectivity index (χ4v) is 1.94. The molecular weight excluding hydrogens is 383 g/mol. The molecule has 9 heteroatoms. The molecule has 0 bridgehead atoms. The Morgan fingerprint density at radius 2 is 1.30 bits per heavy atom. The van der Waals surface area contributed by atoms with E-state index >= 15 is 0 Å². The van der Waals surface area contributed by atoms with E-state index in [0.717, 1.165) is 18.2 Å². The van der Waals surface area contributed by atoms with Gasteiger partial charge in [0.25, 0.3) is 10.5 Å². The van der Waals surface area contributed by atoms with Crippen LogP contribution in [0.3, 0.4) is 0 Å². The highest BCUT2D eigenvalue weighted by atomic mass is 35.5. The highest BCUT2D eigenvalue weighted by Gasteiger charge is 2.16. The number of hydrogen-bond donors (Lipinski definition) is 0. The second kappa shape index (κ2) is 8.29. The average Bonchev–Trinajstić information content (AvgIpc) is 2.44. The lowest BCUT2D eigenvalue weighted by molar-refractivity contribution is 0.107. The standard InChI is InChI=1S/C7H3Cl2FO.C7H2ClF3O/c8-6-3-4(10)1-2-5(6)7(9)11;8-7(12)3-1-2-4(9)6(11)5(3)10/h1-3H;1-2H. The van der Waals surface area contributed by atoms with Gasteiger partial charge in [-0.1, -0.05) is 11.6 Å². The predicted octanol–water partition coefficient (Wildman–Crippen LogP) is 5.34. The van der Waals surface area contributed by atoms with Crippen molar-refractivity contribution in [1.82, 2.24) is 0 Å². The van der Waals surface area contributed by atoms with Crippen molar-refractivity contribution < 1.29 is 27.2 Å². The molecule has 0 saturated heterocycles. The third-order valence-corrected chi connectivity index (χ3v) is 3.11. The minimum Gasteiger partial charge on any atom is -0.276 e. The maximum absolute atomic E-state index is 12.6. The highest BCUT2D eigenvalue weighted by molar-refractivity contribution is 6.68. The Morgan fingerprint density at radius 3 is 1.78 bits per heavy atom. The third kappa shape index (κ3) is 5.20. The maximum atomic E-state index is 12.6. The summed E-state index contributed by atoms with van der Waals surface area (Å²) in [6, 6.07) is 4.82.